The van der Waals surface area contributed by atoms with Crippen molar-refractivity contribution in [2.24, 2.45) is 0 Å². The largest absolute Gasteiger partial charge is 0.876 e. The summed E-state index contributed by atoms with van der Waals surface area (Å²) in [6, 6.07) is 0. The Morgan fingerprint density at radius 1 is 1.71 bits per heavy atom. The van der Waals surface area contributed by atoms with Gasteiger partial charge in [-0.25, -0.2) is 0 Å². The Labute approximate surface area is 45.0 Å². The zero-order chi connectivity index (χ0) is 6.28. The molecule has 0 heterocycles. The molecule has 0 rings (SSSR count). The lowest BCUT2D eigenvalue weighted by Gasteiger charge is -1.92. The number of rotatable bonds is 0. The van der Waals surface area contributed by atoms with Crippen LogP contribution in [0.4, 0.5) is 0 Å². The second-order valence-electron chi connectivity index (χ2n) is 1.11. The third-order valence-corrected chi connectivity index (χ3v) is 0. The lowest BCUT2D eigenvalue weighted by Crippen LogP contribution is -1.92. The second kappa shape index (κ2) is 8.99. The molecule has 0 atom stereocenters. The summed E-state index contributed by atoms with van der Waals surface area (Å²) in [6.45, 7) is 9.67. The molecule has 1 heteroatoms. The first-order chi connectivity index (χ1) is 3.15. The maximum Gasteiger partial charge on any atom is -0.0473 e. The molecule has 0 unspecified atom stereocenters. The van der Waals surface area contributed by atoms with E-state index in [9.17, 15) is 5.11 Å². The first-order valence-corrected chi connectivity index (χ1v) is 2.04. The fraction of sp³-hybridized carbons (Fsp3) is 0.333. The quantitative estimate of drug-likeness (QED) is 0.329. The van der Waals surface area contributed by atoms with Crippen molar-refractivity contribution in [2.45, 2.75) is 13.8 Å². The molecule has 0 bridgehead atoms. The number of hydrogen-bond donors (Lipinski definition) is 0. The van der Waals surface area contributed by atoms with Crippen molar-refractivity contribution < 1.29 is 5.11 Å². The Bertz CT molecular complexity index is 51.2. The Hall–Kier alpha value is -0.720. The summed E-state index contributed by atoms with van der Waals surface area (Å²) in [6.07, 6.45) is 1.75. The topological polar surface area (TPSA) is 23.1 Å². The highest BCUT2D eigenvalue weighted by Gasteiger charge is 1.36. The van der Waals surface area contributed by atoms with Crippen molar-refractivity contribution in [3.63, 3.8) is 0 Å². The van der Waals surface area contributed by atoms with Crippen molar-refractivity contribution in [2.75, 3.05) is 0 Å². The number of allylic oxidation sites excluding steroid dienone is 2. The molecule has 1 nitrogen and oxygen atoms in total. The summed E-state index contributed by atoms with van der Waals surface area (Å²) in [5, 5.41) is 9.33. The van der Waals surface area contributed by atoms with E-state index < -0.39 is 0 Å². The smallest absolute Gasteiger partial charge is 0.0473 e. The highest BCUT2D eigenvalue weighted by molar-refractivity contribution is 4.64. The molecule has 0 aliphatic carbocycles. The molecular formula is C6H11O-. The minimum atomic E-state index is -0.0833. The molecular weight excluding hydrogens is 88.1 g/mol. The third kappa shape index (κ3) is 110. The Kier molecular flexibility index (Phi) is 12.3. The van der Waals surface area contributed by atoms with Crippen molar-refractivity contribution in [1.82, 2.24) is 0 Å². The fourth-order valence-electron chi connectivity index (χ4n) is 0. The normalized spacial score (nSPS) is 5.43. The summed E-state index contributed by atoms with van der Waals surface area (Å²) < 4.78 is 0. The molecule has 0 aromatic rings. The van der Waals surface area contributed by atoms with Crippen molar-refractivity contribution in [3.8, 4) is 0 Å². The van der Waals surface area contributed by atoms with E-state index in [-0.39, 0.29) is 5.76 Å². The second-order valence-corrected chi connectivity index (χ2v) is 1.11. The average Bonchev–Trinajstić information content (AvgIpc) is 1.33. The molecule has 0 N–H and O–H groups in total. The van der Waals surface area contributed by atoms with Crippen molar-refractivity contribution in [3.05, 3.63) is 25.0 Å². The first-order valence-electron chi connectivity index (χ1n) is 2.04. The fourth-order valence-corrected chi connectivity index (χ4v) is 0. The van der Waals surface area contributed by atoms with E-state index in [1.807, 2.05) is 6.92 Å². The van der Waals surface area contributed by atoms with Crippen molar-refractivity contribution >= 4 is 0 Å². The van der Waals surface area contributed by atoms with Gasteiger partial charge in [-0.05, 0) is 6.92 Å². The summed E-state index contributed by atoms with van der Waals surface area (Å²) in [7, 11) is 0. The molecule has 0 aliphatic rings. The highest BCUT2D eigenvalue weighted by Crippen LogP contribution is 1.57. The third-order valence-electron chi connectivity index (χ3n) is 0. The van der Waals surface area contributed by atoms with E-state index in [0.29, 0.717) is 0 Å². The monoisotopic (exact) mass is 99.1 g/mol. The summed E-state index contributed by atoms with van der Waals surface area (Å²) in [4.78, 5) is 0. The highest BCUT2D eigenvalue weighted by atomic mass is 16.3. The van der Waals surface area contributed by atoms with Crippen LogP contribution in [0.15, 0.2) is 25.0 Å². The number of hydrogen-bond acceptors (Lipinski definition) is 1. The van der Waals surface area contributed by atoms with Crippen LogP contribution >= 0.6 is 0 Å². The van der Waals surface area contributed by atoms with Crippen LogP contribution in [0.25, 0.3) is 0 Å². The van der Waals surface area contributed by atoms with Crippen LogP contribution in [0.2, 0.25) is 0 Å². The first kappa shape index (κ1) is 9.56. The standard InChI is InChI=1S/C3H6O.C3H6/c1-3(2)4;1-3-2/h4H,1H2,2H3;3H,1H2,2H3/p-1. The predicted octanol–water partition coefficient (Wildman–Crippen LogP) is 1.07. The predicted molar refractivity (Wildman–Crippen MR) is 30.7 cm³/mol. The molecule has 0 fully saturated rings. The van der Waals surface area contributed by atoms with Gasteiger partial charge in [-0.3, -0.25) is 0 Å². The van der Waals surface area contributed by atoms with Gasteiger partial charge in [0.1, 0.15) is 0 Å². The molecule has 0 aromatic carbocycles. The van der Waals surface area contributed by atoms with Gasteiger partial charge in [0, 0.05) is 0 Å². The van der Waals surface area contributed by atoms with Crippen LogP contribution in [-0.2, 0) is 0 Å². The van der Waals surface area contributed by atoms with E-state index in [2.05, 4.69) is 13.2 Å². The van der Waals surface area contributed by atoms with Gasteiger partial charge < -0.3 is 5.11 Å². The Balaban J connectivity index is 0. The van der Waals surface area contributed by atoms with Crippen LogP contribution in [0.3, 0.4) is 0 Å². The maximum absolute atomic E-state index is 9.33. The van der Waals surface area contributed by atoms with Crippen LogP contribution < -0.4 is 5.11 Å². The molecule has 0 spiro atoms. The van der Waals surface area contributed by atoms with E-state index in [4.69, 9.17) is 0 Å². The van der Waals surface area contributed by atoms with Crippen LogP contribution in [0.5, 0.6) is 0 Å². The van der Waals surface area contributed by atoms with Crippen molar-refractivity contribution in [1.29, 1.82) is 0 Å². The summed E-state index contributed by atoms with van der Waals surface area (Å²) >= 11 is 0. The zero-order valence-corrected chi connectivity index (χ0v) is 4.90. The van der Waals surface area contributed by atoms with Gasteiger partial charge in [-0.15, -0.1) is 18.9 Å². The van der Waals surface area contributed by atoms with E-state index in [0.717, 1.165) is 0 Å². The lowest BCUT2D eigenvalue weighted by atomic mass is 10.7. The summed E-state index contributed by atoms with van der Waals surface area (Å²) in [5.41, 5.74) is 0. The molecule has 0 aliphatic heterocycles. The minimum Gasteiger partial charge on any atom is -0.876 e. The molecule has 42 valence electrons. The zero-order valence-electron chi connectivity index (χ0n) is 4.90. The van der Waals surface area contributed by atoms with Crippen LogP contribution in [0, 0.1) is 0 Å². The van der Waals surface area contributed by atoms with Gasteiger partial charge >= 0.3 is 0 Å². The van der Waals surface area contributed by atoms with Gasteiger partial charge in [0.15, 0.2) is 0 Å². The molecule has 0 radical (unpaired) electrons. The van der Waals surface area contributed by atoms with Crippen LogP contribution in [0.1, 0.15) is 13.8 Å². The van der Waals surface area contributed by atoms with Gasteiger partial charge in [0.2, 0.25) is 0 Å². The Morgan fingerprint density at radius 2 is 1.71 bits per heavy atom. The van der Waals surface area contributed by atoms with Gasteiger partial charge in [0.05, 0.1) is 0 Å². The van der Waals surface area contributed by atoms with E-state index >= 15 is 0 Å². The van der Waals surface area contributed by atoms with Gasteiger partial charge in [-0.2, -0.15) is 0 Å². The Morgan fingerprint density at radius 3 is 1.71 bits per heavy atom. The maximum atomic E-state index is 9.33. The molecule has 0 saturated heterocycles. The molecule has 0 aromatic heterocycles. The molecule has 0 saturated carbocycles. The minimum absolute atomic E-state index is 0.0833. The average molecular weight is 99.2 g/mol. The van der Waals surface area contributed by atoms with Gasteiger partial charge in [0.25, 0.3) is 0 Å². The molecule has 0 amide bonds. The van der Waals surface area contributed by atoms with Gasteiger partial charge in [-0.1, -0.05) is 13.0 Å². The van der Waals surface area contributed by atoms with E-state index in [1.54, 1.807) is 6.08 Å². The summed E-state index contributed by atoms with van der Waals surface area (Å²) in [5.74, 6) is -0.0833. The van der Waals surface area contributed by atoms with E-state index in [1.165, 1.54) is 6.92 Å². The lowest BCUT2D eigenvalue weighted by molar-refractivity contribution is -0.300. The molecule has 7 heavy (non-hydrogen) atoms. The SMILES string of the molecule is C=C(C)[O-].C=CC. The van der Waals surface area contributed by atoms with Crippen LogP contribution in [-0.4, -0.2) is 0 Å².